The smallest absolute Gasteiger partial charge is 0.235 e. The molecule has 0 saturated carbocycles. The van der Waals surface area contributed by atoms with Crippen molar-refractivity contribution in [1.82, 2.24) is 10.3 Å². The molecule has 0 radical (unpaired) electrons. The van der Waals surface area contributed by atoms with Crippen molar-refractivity contribution in [3.8, 4) is 0 Å². The summed E-state index contributed by atoms with van der Waals surface area (Å²) in [5.74, 6) is -1.18. The topological polar surface area (TPSA) is 102 Å². The molecule has 0 aliphatic heterocycles. The Labute approximate surface area is 100 Å². The van der Waals surface area contributed by atoms with Crippen molar-refractivity contribution in [3.05, 3.63) is 18.3 Å². The second-order valence-corrected chi connectivity index (χ2v) is 5.41. The zero-order valence-electron chi connectivity index (χ0n) is 9.51. The average Bonchev–Trinajstić information content (AvgIpc) is 2.26. The lowest BCUT2D eigenvalue weighted by atomic mass is 10.4. The van der Waals surface area contributed by atoms with Crippen LogP contribution >= 0.6 is 0 Å². The van der Waals surface area contributed by atoms with Gasteiger partial charge in [-0.05, 0) is 18.6 Å². The maximum Gasteiger partial charge on any atom is 0.235 e. The molecular weight excluding hydrogens is 242 g/mol. The van der Waals surface area contributed by atoms with E-state index in [4.69, 9.17) is 5.73 Å². The van der Waals surface area contributed by atoms with Gasteiger partial charge in [0.25, 0.3) is 0 Å². The number of nitrogens with one attached hydrogen (secondary N) is 1. The highest BCUT2D eigenvalue weighted by Crippen LogP contribution is 2.15. The summed E-state index contributed by atoms with van der Waals surface area (Å²) >= 11 is 0. The number of pyridine rings is 1. The highest BCUT2D eigenvalue weighted by Gasteiger charge is 2.22. The summed E-state index contributed by atoms with van der Waals surface area (Å²) in [6, 6.07) is 2.97. The molecule has 7 heteroatoms. The van der Waals surface area contributed by atoms with Crippen LogP contribution in [0.2, 0.25) is 0 Å². The number of nitrogens with two attached hydrogens (primary N) is 1. The lowest BCUT2D eigenvalue weighted by Crippen LogP contribution is -2.31. The second kappa shape index (κ2) is 5.62. The molecule has 1 rings (SSSR count). The first-order valence-electron chi connectivity index (χ1n) is 5.17. The van der Waals surface area contributed by atoms with Gasteiger partial charge in [0.2, 0.25) is 15.7 Å². The Morgan fingerprint density at radius 3 is 2.82 bits per heavy atom. The number of nitrogens with zero attached hydrogens (tertiary/aromatic N) is 1. The number of hydrogen-bond acceptors (Lipinski definition) is 5. The molecular formula is C10H15N3O3S. The SMILES string of the molecule is CCCNC(=O)CS(=O)(=O)c1ncccc1N. The van der Waals surface area contributed by atoms with Crippen LogP contribution in [0.1, 0.15) is 13.3 Å². The molecule has 17 heavy (non-hydrogen) atoms. The Balaban J connectivity index is 2.83. The van der Waals surface area contributed by atoms with Gasteiger partial charge in [-0.1, -0.05) is 6.92 Å². The van der Waals surface area contributed by atoms with E-state index < -0.39 is 21.5 Å². The van der Waals surface area contributed by atoms with Gasteiger partial charge < -0.3 is 11.1 Å². The molecule has 0 aliphatic rings. The largest absolute Gasteiger partial charge is 0.396 e. The number of carbonyl (C=O) groups excluding carboxylic acids is 1. The minimum Gasteiger partial charge on any atom is -0.396 e. The molecule has 0 aromatic carbocycles. The molecule has 6 nitrogen and oxygen atoms in total. The Bertz CT molecular complexity index is 499. The fraction of sp³-hybridized carbons (Fsp3) is 0.400. The van der Waals surface area contributed by atoms with Gasteiger partial charge in [-0.2, -0.15) is 0 Å². The van der Waals surface area contributed by atoms with E-state index >= 15 is 0 Å². The standard InChI is InChI=1S/C10H15N3O3S/c1-2-5-12-9(14)7-17(15,16)10-8(11)4-3-6-13-10/h3-4,6H,2,5,7,11H2,1H3,(H,12,14). The summed E-state index contributed by atoms with van der Waals surface area (Å²) in [5, 5.41) is 2.25. The van der Waals surface area contributed by atoms with Gasteiger partial charge in [-0.3, -0.25) is 4.79 Å². The van der Waals surface area contributed by atoms with Gasteiger partial charge >= 0.3 is 0 Å². The number of amides is 1. The van der Waals surface area contributed by atoms with Gasteiger partial charge in [-0.15, -0.1) is 0 Å². The number of aromatic nitrogens is 1. The van der Waals surface area contributed by atoms with Crippen LogP contribution in [0.15, 0.2) is 23.4 Å². The van der Waals surface area contributed by atoms with Gasteiger partial charge in [0.15, 0.2) is 5.03 Å². The van der Waals surface area contributed by atoms with E-state index in [-0.39, 0.29) is 10.7 Å². The van der Waals surface area contributed by atoms with Crippen LogP contribution in [0.25, 0.3) is 0 Å². The zero-order valence-corrected chi connectivity index (χ0v) is 10.3. The highest BCUT2D eigenvalue weighted by atomic mass is 32.2. The summed E-state index contributed by atoms with van der Waals surface area (Å²) in [6.45, 7) is 2.33. The van der Waals surface area contributed by atoms with E-state index in [9.17, 15) is 13.2 Å². The van der Waals surface area contributed by atoms with E-state index in [1.165, 1.54) is 18.3 Å². The Hall–Kier alpha value is -1.63. The number of anilines is 1. The van der Waals surface area contributed by atoms with Crippen LogP contribution < -0.4 is 11.1 Å². The van der Waals surface area contributed by atoms with Crippen LogP contribution in [0.3, 0.4) is 0 Å². The molecule has 0 bridgehead atoms. The highest BCUT2D eigenvalue weighted by molar-refractivity contribution is 7.92. The summed E-state index contributed by atoms with van der Waals surface area (Å²) in [7, 11) is -3.77. The Kier molecular flexibility index (Phi) is 4.45. The second-order valence-electron chi connectivity index (χ2n) is 3.51. The van der Waals surface area contributed by atoms with E-state index in [0.29, 0.717) is 6.54 Å². The van der Waals surface area contributed by atoms with Crippen molar-refractivity contribution in [3.63, 3.8) is 0 Å². The molecule has 0 unspecified atom stereocenters. The van der Waals surface area contributed by atoms with Crippen LogP contribution in [0.4, 0.5) is 5.69 Å². The lowest BCUT2D eigenvalue weighted by molar-refractivity contribution is -0.118. The van der Waals surface area contributed by atoms with Crippen LogP contribution in [-0.4, -0.2) is 31.6 Å². The molecule has 94 valence electrons. The fourth-order valence-electron chi connectivity index (χ4n) is 1.22. The van der Waals surface area contributed by atoms with Crippen molar-refractivity contribution < 1.29 is 13.2 Å². The average molecular weight is 257 g/mol. The fourth-order valence-corrected chi connectivity index (χ4v) is 2.45. The molecule has 1 amide bonds. The number of carbonyl (C=O) groups is 1. The minimum atomic E-state index is -3.77. The molecule has 1 aromatic rings. The Morgan fingerprint density at radius 2 is 2.24 bits per heavy atom. The number of nitrogen functional groups attached to an aromatic ring is 1. The summed E-state index contributed by atoms with van der Waals surface area (Å²) in [6.07, 6.45) is 2.07. The van der Waals surface area contributed by atoms with Gasteiger partial charge in [0.05, 0.1) is 5.69 Å². The van der Waals surface area contributed by atoms with Crippen LogP contribution in [0.5, 0.6) is 0 Å². The third-order valence-electron chi connectivity index (χ3n) is 1.99. The van der Waals surface area contributed by atoms with Crippen molar-refractivity contribution in [2.45, 2.75) is 18.4 Å². The van der Waals surface area contributed by atoms with Crippen LogP contribution in [-0.2, 0) is 14.6 Å². The van der Waals surface area contributed by atoms with Gasteiger partial charge in [-0.25, -0.2) is 13.4 Å². The van der Waals surface area contributed by atoms with Gasteiger partial charge in [0.1, 0.15) is 5.75 Å². The van der Waals surface area contributed by atoms with Gasteiger partial charge in [0, 0.05) is 12.7 Å². The maximum atomic E-state index is 11.8. The number of hydrogen-bond donors (Lipinski definition) is 2. The van der Waals surface area contributed by atoms with E-state index in [1.807, 2.05) is 6.92 Å². The first kappa shape index (κ1) is 13.4. The van der Waals surface area contributed by atoms with Crippen molar-refractivity contribution in [1.29, 1.82) is 0 Å². The molecule has 0 spiro atoms. The maximum absolute atomic E-state index is 11.8. The molecule has 0 saturated heterocycles. The monoisotopic (exact) mass is 257 g/mol. The Morgan fingerprint density at radius 1 is 1.53 bits per heavy atom. The third kappa shape index (κ3) is 3.70. The first-order chi connectivity index (χ1) is 7.97. The predicted molar refractivity (Wildman–Crippen MR) is 64.0 cm³/mol. The molecule has 0 aliphatic carbocycles. The van der Waals surface area contributed by atoms with Crippen molar-refractivity contribution in [2.75, 3.05) is 18.0 Å². The quantitative estimate of drug-likeness (QED) is 0.770. The normalized spacial score (nSPS) is 11.1. The van der Waals surface area contributed by atoms with E-state index in [0.717, 1.165) is 6.42 Å². The number of rotatable bonds is 5. The molecule has 1 aromatic heterocycles. The number of sulfone groups is 1. The van der Waals surface area contributed by atoms with E-state index in [1.54, 1.807) is 0 Å². The zero-order chi connectivity index (χ0) is 12.9. The third-order valence-corrected chi connectivity index (χ3v) is 3.56. The predicted octanol–water partition coefficient (Wildman–Crippen LogP) is -0.0363. The molecule has 1 heterocycles. The molecule has 0 fully saturated rings. The molecule has 0 atom stereocenters. The van der Waals surface area contributed by atoms with E-state index in [2.05, 4.69) is 10.3 Å². The lowest BCUT2D eigenvalue weighted by Gasteiger charge is -2.06. The summed E-state index contributed by atoms with van der Waals surface area (Å²) < 4.78 is 23.6. The van der Waals surface area contributed by atoms with Crippen LogP contribution in [0, 0.1) is 0 Å². The first-order valence-corrected chi connectivity index (χ1v) is 6.82. The summed E-state index contributed by atoms with van der Waals surface area (Å²) in [5.41, 5.74) is 5.56. The van der Waals surface area contributed by atoms with Crippen molar-refractivity contribution in [2.24, 2.45) is 0 Å². The molecule has 3 N–H and O–H groups in total. The minimum absolute atomic E-state index is 0.0517. The summed E-state index contributed by atoms with van der Waals surface area (Å²) in [4.78, 5) is 15.0. The van der Waals surface area contributed by atoms with Crippen molar-refractivity contribution >= 4 is 21.4 Å².